The van der Waals surface area contributed by atoms with E-state index in [0.717, 1.165) is 19.4 Å². The molecule has 1 aliphatic heterocycles. The van der Waals surface area contributed by atoms with Crippen molar-refractivity contribution in [1.82, 2.24) is 0 Å². The minimum Gasteiger partial charge on any atom is -0.371 e. The SMILES string of the molecule is CCN1CCc2cc(CC[C@H](C)N)ccc21. The molecule has 0 saturated heterocycles. The third kappa shape index (κ3) is 2.38. The van der Waals surface area contributed by atoms with Crippen molar-refractivity contribution < 1.29 is 0 Å². The lowest BCUT2D eigenvalue weighted by molar-refractivity contribution is 0.666. The molecule has 1 aromatic rings. The number of hydrogen-bond acceptors (Lipinski definition) is 2. The molecule has 1 heterocycles. The Morgan fingerprint density at radius 2 is 2.25 bits per heavy atom. The lowest BCUT2D eigenvalue weighted by atomic mass is 10.0. The number of benzene rings is 1. The summed E-state index contributed by atoms with van der Waals surface area (Å²) in [5.74, 6) is 0. The highest BCUT2D eigenvalue weighted by molar-refractivity contribution is 5.59. The van der Waals surface area contributed by atoms with E-state index >= 15 is 0 Å². The molecule has 0 saturated carbocycles. The van der Waals surface area contributed by atoms with Crippen LogP contribution in [0.15, 0.2) is 18.2 Å². The molecular formula is C14H22N2. The predicted molar refractivity (Wildman–Crippen MR) is 70.0 cm³/mol. The summed E-state index contributed by atoms with van der Waals surface area (Å²) in [6, 6.07) is 7.21. The van der Waals surface area contributed by atoms with Crippen molar-refractivity contribution in [3.05, 3.63) is 29.3 Å². The van der Waals surface area contributed by atoms with Crippen molar-refractivity contribution >= 4 is 5.69 Å². The van der Waals surface area contributed by atoms with Crippen LogP contribution in [0, 0.1) is 0 Å². The lowest BCUT2D eigenvalue weighted by Gasteiger charge is -2.16. The van der Waals surface area contributed by atoms with Crippen LogP contribution in [0.3, 0.4) is 0 Å². The van der Waals surface area contributed by atoms with E-state index in [2.05, 4.69) is 36.9 Å². The molecule has 2 nitrogen and oxygen atoms in total. The van der Waals surface area contributed by atoms with Crippen LogP contribution in [-0.2, 0) is 12.8 Å². The summed E-state index contributed by atoms with van der Waals surface area (Å²) in [7, 11) is 0. The fourth-order valence-electron chi connectivity index (χ4n) is 2.40. The van der Waals surface area contributed by atoms with Crippen molar-refractivity contribution in [2.45, 2.75) is 39.2 Å². The Morgan fingerprint density at radius 1 is 1.44 bits per heavy atom. The lowest BCUT2D eigenvalue weighted by Crippen LogP contribution is -2.19. The molecule has 16 heavy (non-hydrogen) atoms. The van der Waals surface area contributed by atoms with Crippen LogP contribution in [0.25, 0.3) is 0 Å². The van der Waals surface area contributed by atoms with Crippen LogP contribution in [0.4, 0.5) is 5.69 Å². The fourth-order valence-corrected chi connectivity index (χ4v) is 2.40. The van der Waals surface area contributed by atoms with Crippen molar-refractivity contribution in [2.24, 2.45) is 5.73 Å². The zero-order valence-electron chi connectivity index (χ0n) is 10.4. The normalized spacial score (nSPS) is 16.3. The van der Waals surface area contributed by atoms with Gasteiger partial charge in [-0.1, -0.05) is 12.1 Å². The largest absolute Gasteiger partial charge is 0.371 e. The number of aryl methyl sites for hydroxylation is 1. The Kier molecular flexibility index (Phi) is 3.49. The van der Waals surface area contributed by atoms with E-state index in [1.54, 1.807) is 0 Å². The second kappa shape index (κ2) is 4.88. The molecule has 0 aliphatic carbocycles. The maximum Gasteiger partial charge on any atom is 0.0399 e. The number of likely N-dealkylation sites (N-methyl/N-ethyl adjacent to an activating group) is 1. The minimum atomic E-state index is 0.306. The third-order valence-electron chi connectivity index (χ3n) is 3.41. The summed E-state index contributed by atoms with van der Waals surface area (Å²) in [6.45, 7) is 6.60. The molecule has 2 N–H and O–H groups in total. The topological polar surface area (TPSA) is 29.3 Å². The first kappa shape index (κ1) is 11.5. The molecule has 1 aromatic carbocycles. The second-order valence-electron chi connectivity index (χ2n) is 4.81. The maximum atomic E-state index is 5.79. The van der Waals surface area contributed by atoms with Gasteiger partial charge in [0.15, 0.2) is 0 Å². The summed E-state index contributed by atoms with van der Waals surface area (Å²) in [4.78, 5) is 2.45. The zero-order chi connectivity index (χ0) is 11.5. The molecule has 2 rings (SSSR count). The monoisotopic (exact) mass is 218 g/mol. The molecule has 88 valence electrons. The van der Waals surface area contributed by atoms with E-state index in [1.807, 2.05) is 0 Å². The molecule has 0 spiro atoms. The quantitative estimate of drug-likeness (QED) is 0.840. The first-order valence-electron chi connectivity index (χ1n) is 6.33. The number of nitrogens with two attached hydrogens (primary N) is 1. The number of hydrogen-bond donors (Lipinski definition) is 1. The molecule has 0 fully saturated rings. The number of nitrogens with zero attached hydrogens (tertiary/aromatic N) is 1. The molecule has 0 aromatic heterocycles. The molecule has 0 amide bonds. The zero-order valence-corrected chi connectivity index (χ0v) is 10.4. The predicted octanol–water partition coefficient (Wildman–Crippen LogP) is 2.35. The highest BCUT2D eigenvalue weighted by Gasteiger charge is 2.17. The molecule has 0 bridgehead atoms. The van der Waals surface area contributed by atoms with Crippen LogP contribution in [0.5, 0.6) is 0 Å². The van der Waals surface area contributed by atoms with E-state index in [1.165, 1.54) is 29.8 Å². The summed E-state index contributed by atoms with van der Waals surface area (Å²) >= 11 is 0. The summed E-state index contributed by atoms with van der Waals surface area (Å²) in [5, 5.41) is 0. The first-order valence-corrected chi connectivity index (χ1v) is 6.33. The maximum absolute atomic E-state index is 5.79. The Hall–Kier alpha value is -1.02. The van der Waals surface area contributed by atoms with E-state index in [-0.39, 0.29) is 0 Å². The molecule has 1 aliphatic rings. The molecular weight excluding hydrogens is 196 g/mol. The summed E-state index contributed by atoms with van der Waals surface area (Å²) < 4.78 is 0. The average molecular weight is 218 g/mol. The summed E-state index contributed by atoms with van der Waals surface area (Å²) in [5.41, 5.74) is 10.2. The number of anilines is 1. The first-order chi connectivity index (χ1) is 7.70. The highest BCUT2D eigenvalue weighted by atomic mass is 15.1. The number of rotatable bonds is 4. The van der Waals surface area contributed by atoms with Crippen LogP contribution in [0.2, 0.25) is 0 Å². The Bertz CT molecular complexity index is 358. The van der Waals surface area contributed by atoms with Gasteiger partial charge in [0.1, 0.15) is 0 Å². The Morgan fingerprint density at radius 3 is 2.94 bits per heavy atom. The van der Waals surface area contributed by atoms with Gasteiger partial charge in [0.05, 0.1) is 0 Å². The van der Waals surface area contributed by atoms with Gasteiger partial charge >= 0.3 is 0 Å². The van der Waals surface area contributed by atoms with Crippen LogP contribution in [-0.4, -0.2) is 19.1 Å². The van der Waals surface area contributed by atoms with Gasteiger partial charge in [-0.25, -0.2) is 0 Å². The smallest absolute Gasteiger partial charge is 0.0399 e. The summed E-state index contributed by atoms with van der Waals surface area (Å²) in [6.07, 6.45) is 3.39. The fraction of sp³-hybridized carbons (Fsp3) is 0.571. The van der Waals surface area contributed by atoms with E-state index < -0.39 is 0 Å². The van der Waals surface area contributed by atoms with Gasteiger partial charge in [-0.15, -0.1) is 0 Å². The molecule has 2 heteroatoms. The molecule has 1 atom stereocenters. The standard InChI is InChI=1S/C14H22N2/c1-3-16-9-8-13-10-12(5-4-11(2)15)6-7-14(13)16/h6-7,10-11H,3-5,8-9,15H2,1-2H3/t11-/m0/s1. The van der Waals surface area contributed by atoms with Crippen molar-refractivity contribution in [3.8, 4) is 0 Å². The van der Waals surface area contributed by atoms with E-state index in [0.29, 0.717) is 6.04 Å². The second-order valence-corrected chi connectivity index (χ2v) is 4.81. The molecule has 0 unspecified atom stereocenters. The van der Waals surface area contributed by atoms with Gasteiger partial charge in [-0.2, -0.15) is 0 Å². The minimum absolute atomic E-state index is 0.306. The van der Waals surface area contributed by atoms with Gasteiger partial charge in [0.25, 0.3) is 0 Å². The van der Waals surface area contributed by atoms with E-state index in [9.17, 15) is 0 Å². The van der Waals surface area contributed by atoms with Crippen molar-refractivity contribution in [3.63, 3.8) is 0 Å². The van der Waals surface area contributed by atoms with Gasteiger partial charge in [-0.05, 0) is 50.3 Å². The Balaban J connectivity index is 2.09. The van der Waals surface area contributed by atoms with Gasteiger partial charge in [0, 0.05) is 24.8 Å². The van der Waals surface area contributed by atoms with Gasteiger partial charge in [0.2, 0.25) is 0 Å². The average Bonchev–Trinajstić information content (AvgIpc) is 2.68. The Labute approximate surface area is 98.4 Å². The van der Waals surface area contributed by atoms with Crippen molar-refractivity contribution in [2.75, 3.05) is 18.0 Å². The van der Waals surface area contributed by atoms with Crippen molar-refractivity contribution in [1.29, 1.82) is 0 Å². The van der Waals surface area contributed by atoms with Gasteiger partial charge < -0.3 is 10.6 Å². The third-order valence-corrected chi connectivity index (χ3v) is 3.41. The van der Waals surface area contributed by atoms with Crippen LogP contribution < -0.4 is 10.6 Å². The number of fused-ring (bicyclic) bond motifs is 1. The van der Waals surface area contributed by atoms with Crippen LogP contribution >= 0.6 is 0 Å². The molecule has 0 radical (unpaired) electrons. The van der Waals surface area contributed by atoms with Crippen LogP contribution in [0.1, 0.15) is 31.4 Å². The van der Waals surface area contributed by atoms with Gasteiger partial charge in [-0.3, -0.25) is 0 Å². The highest BCUT2D eigenvalue weighted by Crippen LogP contribution is 2.28. The van der Waals surface area contributed by atoms with E-state index in [4.69, 9.17) is 5.73 Å².